The van der Waals surface area contributed by atoms with Crippen molar-refractivity contribution in [3.63, 3.8) is 0 Å². The number of rotatable bonds is 4. The number of nitrogens with two attached hydrogens (primary N) is 1. The first kappa shape index (κ1) is 12.6. The molecule has 1 heterocycles. The molecule has 1 atom stereocenters. The van der Waals surface area contributed by atoms with Crippen LogP contribution in [0.25, 0.3) is 0 Å². The van der Waals surface area contributed by atoms with Crippen LogP contribution in [0.15, 0.2) is 6.20 Å². The SMILES string of the molecule is CC(C#N)CN(C)c1nc(N)ncc1[N+](=O)[O-]. The summed E-state index contributed by atoms with van der Waals surface area (Å²) in [7, 11) is 1.61. The molecule has 0 fully saturated rings. The fourth-order valence-corrected chi connectivity index (χ4v) is 1.33. The monoisotopic (exact) mass is 236 g/mol. The number of aromatic nitrogens is 2. The number of nitriles is 1. The summed E-state index contributed by atoms with van der Waals surface area (Å²) in [4.78, 5) is 19.1. The molecule has 0 aliphatic carbocycles. The van der Waals surface area contributed by atoms with Crippen LogP contribution >= 0.6 is 0 Å². The van der Waals surface area contributed by atoms with E-state index >= 15 is 0 Å². The highest BCUT2D eigenvalue weighted by molar-refractivity contribution is 5.57. The van der Waals surface area contributed by atoms with E-state index in [4.69, 9.17) is 11.0 Å². The summed E-state index contributed by atoms with van der Waals surface area (Å²) in [6.45, 7) is 2.04. The molecule has 0 amide bonds. The highest BCUT2D eigenvalue weighted by Gasteiger charge is 2.21. The van der Waals surface area contributed by atoms with E-state index in [1.54, 1.807) is 14.0 Å². The summed E-state index contributed by atoms with van der Waals surface area (Å²) in [5, 5.41) is 19.5. The quantitative estimate of drug-likeness (QED) is 0.598. The van der Waals surface area contributed by atoms with Gasteiger partial charge in [-0.15, -0.1) is 0 Å². The number of nitro groups is 1. The minimum atomic E-state index is -0.581. The zero-order chi connectivity index (χ0) is 13.0. The minimum Gasteiger partial charge on any atom is -0.368 e. The van der Waals surface area contributed by atoms with Crippen LogP contribution in [0.1, 0.15) is 6.92 Å². The molecule has 0 aliphatic heterocycles. The van der Waals surface area contributed by atoms with E-state index < -0.39 is 4.92 Å². The van der Waals surface area contributed by atoms with Crippen LogP contribution in [-0.4, -0.2) is 28.5 Å². The van der Waals surface area contributed by atoms with Crippen LogP contribution in [-0.2, 0) is 0 Å². The molecule has 0 spiro atoms. The molecule has 1 aromatic heterocycles. The molecule has 0 saturated heterocycles. The van der Waals surface area contributed by atoms with Crippen LogP contribution in [0.4, 0.5) is 17.5 Å². The predicted octanol–water partition coefficient (Wildman–Crippen LogP) is 0.563. The second kappa shape index (κ2) is 5.07. The van der Waals surface area contributed by atoms with Crippen molar-refractivity contribution in [3.8, 4) is 6.07 Å². The van der Waals surface area contributed by atoms with Gasteiger partial charge in [-0.1, -0.05) is 0 Å². The Hall–Kier alpha value is -2.43. The smallest absolute Gasteiger partial charge is 0.329 e. The number of hydrogen-bond acceptors (Lipinski definition) is 7. The van der Waals surface area contributed by atoms with E-state index in [0.717, 1.165) is 6.20 Å². The highest BCUT2D eigenvalue weighted by Crippen LogP contribution is 2.24. The van der Waals surface area contributed by atoms with Gasteiger partial charge in [-0.3, -0.25) is 10.1 Å². The lowest BCUT2D eigenvalue weighted by molar-refractivity contribution is -0.384. The third kappa shape index (κ3) is 3.01. The Labute approximate surface area is 97.8 Å². The van der Waals surface area contributed by atoms with E-state index in [1.165, 1.54) is 4.90 Å². The molecule has 0 radical (unpaired) electrons. The maximum Gasteiger partial charge on any atom is 0.329 e. The van der Waals surface area contributed by atoms with Gasteiger partial charge in [0.25, 0.3) is 0 Å². The molecule has 1 rings (SSSR count). The van der Waals surface area contributed by atoms with Gasteiger partial charge >= 0.3 is 5.69 Å². The van der Waals surface area contributed by atoms with E-state index in [9.17, 15) is 10.1 Å². The summed E-state index contributed by atoms with van der Waals surface area (Å²) in [5.41, 5.74) is 5.16. The Morgan fingerprint density at radius 2 is 2.41 bits per heavy atom. The van der Waals surface area contributed by atoms with Crippen LogP contribution in [0.2, 0.25) is 0 Å². The van der Waals surface area contributed by atoms with E-state index in [1.807, 2.05) is 6.07 Å². The molecule has 17 heavy (non-hydrogen) atoms. The molecule has 1 unspecified atom stereocenters. The maximum atomic E-state index is 10.8. The Kier molecular flexibility index (Phi) is 3.77. The highest BCUT2D eigenvalue weighted by atomic mass is 16.6. The van der Waals surface area contributed by atoms with Crippen LogP contribution < -0.4 is 10.6 Å². The van der Waals surface area contributed by atoms with E-state index in [2.05, 4.69) is 9.97 Å². The third-order valence-corrected chi connectivity index (χ3v) is 2.10. The largest absolute Gasteiger partial charge is 0.368 e. The lowest BCUT2D eigenvalue weighted by atomic mass is 10.2. The zero-order valence-electron chi connectivity index (χ0n) is 9.49. The first-order valence-corrected chi connectivity index (χ1v) is 4.83. The topological polar surface area (TPSA) is 122 Å². The van der Waals surface area contributed by atoms with Gasteiger partial charge in [-0.05, 0) is 6.92 Å². The summed E-state index contributed by atoms with van der Waals surface area (Å²) < 4.78 is 0. The molecule has 90 valence electrons. The Morgan fingerprint density at radius 1 is 1.76 bits per heavy atom. The van der Waals surface area contributed by atoms with Crippen LogP contribution in [0.3, 0.4) is 0 Å². The van der Waals surface area contributed by atoms with Crippen LogP contribution in [0.5, 0.6) is 0 Å². The van der Waals surface area contributed by atoms with Crippen molar-refractivity contribution >= 4 is 17.5 Å². The number of nitrogens with zero attached hydrogens (tertiary/aromatic N) is 5. The van der Waals surface area contributed by atoms with Crippen LogP contribution in [0, 0.1) is 27.4 Å². The Balaban J connectivity index is 3.07. The molecular formula is C9H12N6O2. The zero-order valence-corrected chi connectivity index (χ0v) is 9.49. The number of anilines is 2. The molecule has 0 aromatic carbocycles. The van der Waals surface area contributed by atoms with Gasteiger partial charge in [0, 0.05) is 13.6 Å². The molecule has 2 N–H and O–H groups in total. The van der Waals surface area contributed by atoms with Crippen molar-refractivity contribution in [3.05, 3.63) is 16.3 Å². The Morgan fingerprint density at radius 3 is 2.94 bits per heavy atom. The fourth-order valence-electron chi connectivity index (χ4n) is 1.33. The molecule has 0 saturated carbocycles. The minimum absolute atomic E-state index is 0.0398. The third-order valence-electron chi connectivity index (χ3n) is 2.10. The van der Waals surface area contributed by atoms with Crippen molar-refractivity contribution in [1.29, 1.82) is 5.26 Å². The molecular weight excluding hydrogens is 224 g/mol. The van der Waals surface area contributed by atoms with Gasteiger partial charge in [0.2, 0.25) is 11.8 Å². The van der Waals surface area contributed by atoms with Gasteiger partial charge < -0.3 is 10.6 Å². The van der Waals surface area contributed by atoms with E-state index in [-0.39, 0.29) is 23.4 Å². The molecule has 0 aliphatic rings. The van der Waals surface area contributed by atoms with Crippen molar-refractivity contribution in [2.45, 2.75) is 6.92 Å². The first-order chi connectivity index (χ1) is 7.95. The fraction of sp³-hybridized carbons (Fsp3) is 0.444. The molecule has 8 heteroatoms. The van der Waals surface area contributed by atoms with Crippen molar-refractivity contribution in [2.75, 3.05) is 24.2 Å². The second-order valence-corrected chi connectivity index (χ2v) is 3.60. The Bertz CT molecular complexity index is 469. The number of hydrogen-bond donors (Lipinski definition) is 1. The van der Waals surface area contributed by atoms with Gasteiger partial charge in [0.1, 0.15) is 6.20 Å². The van der Waals surface area contributed by atoms with Crippen molar-refractivity contribution < 1.29 is 4.92 Å². The summed E-state index contributed by atoms with van der Waals surface area (Å²) in [5.74, 6) is -0.192. The van der Waals surface area contributed by atoms with Gasteiger partial charge in [0.05, 0.1) is 16.9 Å². The number of nitrogen functional groups attached to an aromatic ring is 1. The molecule has 1 aromatic rings. The standard InChI is InChI=1S/C9H12N6O2/c1-6(3-10)5-14(2)8-7(15(16)17)4-12-9(11)13-8/h4,6H,5H2,1-2H3,(H2,11,12,13). The van der Waals surface area contributed by atoms with Gasteiger partial charge in [-0.2, -0.15) is 10.2 Å². The first-order valence-electron chi connectivity index (χ1n) is 4.83. The second-order valence-electron chi connectivity index (χ2n) is 3.60. The van der Waals surface area contributed by atoms with Gasteiger partial charge in [-0.25, -0.2) is 4.98 Å². The van der Waals surface area contributed by atoms with Crippen molar-refractivity contribution in [1.82, 2.24) is 9.97 Å². The van der Waals surface area contributed by atoms with Crippen molar-refractivity contribution in [2.24, 2.45) is 5.92 Å². The lowest BCUT2D eigenvalue weighted by Gasteiger charge is -2.18. The lowest BCUT2D eigenvalue weighted by Crippen LogP contribution is -2.25. The average Bonchev–Trinajstić information content (AvgIpc) is 2.28. The predicted molar refractivity (Wildman–Crippen MR) is 61.1 cm³/mol. The maximum absolute atomic E-state index is 10.8. The summed E-state index contributed by atoms with van der Waals surface area (Å²) in [6, 6.07) is 2.04. The van der Waals surface area contributed by atoms with Gasteiger partial charge in [0.15, 0.2) is 0 Å². The normalized spacial score (nSPS) is 11.6. The molecule has 0 bridgehead atoms. The summed E-state index contributed by atoms with van der Waals surface area (Å²) in [6.07, 6.45) is 1.06. The van der Waals surface area contributed by atoms with E-state index in [0.29, 0.717) is 6.54 Å². The average molecular weight is 236 g/mol. The summed E-state index contributed by atoms with van der Waals surface area (Å²) >= 11 is 0. The molecule has 8 nitrogen and oxygen atoms in total.